The van der Waals surface area contributed by atoms with E-state index in [0.29, 0.717) is 29.5 Å². The van der Waals surface area contributed by atoms with Gasteiger partial charge in [-0.1, -0.05) is 34.1 Å². The fourth-order valence-electron chi connectivity index (χ4n) is 10.4. The molecule has 3 heteroatoms. The maximum atomic E-state index is 12.5. The molecule has 8 unspecified atom stereocenters. The number of ketones is 1. The first-order valence-electron chi connectivity index (χ1n) is 12.4. The van der Waals surface area contributed by atoms with Crippen molar-refractivity contribution in [3.63, 3.8) is 0 Å². The molecule has 3 nitrogen and oxygen atoms in total. The lowest BCUT2D eigenvalue weighted by Crippen LogP contribution is -2.65. The number of carboxylic acids is 1. The highest BCUT2D eigenvalue weighted by Crippen LogP contribution is 2.75. The van der Waals surface area contributed by atoms with Gasteiger partial charge in [0, 0.05) is 12.3 Å². The molecule has 0 aromatic rings. The Morgan fingerprint density at radius 3 is 2.34 bits per heavy atom. The lowest BCUT2D eigenvalue weighted by molar-refractivity contribution is -0.226. The largest absolute Gasteiger partial charge is 0.481 e. The molecule has 162 valence electrons. The lowest BCUT2D eigenvalue weighted by atomic mass is 9.33. The van der Waals surface area contributed by atoms with Gasteiger partial charge in [-0.15, -0.1) is 0 Å². The van der Waals surface area contributed by atoms with Gasteiger partial charge in [0.2, 0.25) is 0 Å². The Bertz CT molecular complexity index is 744. The smallest absolute Gasteiger partial charge is 0.309 e. The summed E-state index contributed by atoms with van der Waals surface area (Å²) in [4.78, 5) is 24.9. The van der Waals surface area contributed by atoms with E-state index in [-0.39, 0.29) is 22.2 Å². The van der Waals surface area contributed by atoms with Crippen LogP contribution < -0.4 is 0 Å². The van der Waals surface area contributed by atoms with E-state index in [1.165, 1.54) is 25.7 Å². The second-order valence-corrected chi connectivity index (χ2v) is 12.4. The summed E-state index contributed by atoms with van der Waals surface area (Å²) in [6.07, 6.45) is 11.8. The van der Waals surface area contributed by atoms with Gasteiger partial charge in [-0.3, -0.25) is 9.59 Å². The summed E-state index contributed by atoms with van der Waals surface area (Å²) in [5, 5.41) is 10.2. The number of aliphatic carboxylic acids is 1. The van der Waals surface area contributed by atoms with Gasteiger partial charge in [0.25, 0.3) is 0 Å². The molecule has 0 radical (unpaired) electrons. The highest BCUT2D eigenvalue weighted by molar-refractivity contribution is 5.82. The van der Waals surface area contributed by atoms with E-state index in [1.54, 1.807) is 0 Å². The van der Waals surface area contributed by atoms with Crippen molar-refractivity contribution in [1.29, 1.82) is 0 Å². The highest BCUT2D eigenvalue weighted by Gasteiger charge is 2.69. The van der Waals surface area contributed by atoms with Crippen molar-refractivity contribution in [3.8, 4) is 0 Å². The highest BCUT2D eigenvalue weighted by atomic mass is 16.4. The molecule has 0 amide bonds. The summed E-state index contributed by atoms with van der Waals surface area (Å²) in [7, 11) is 0. The molecule has 0 heterocycles. The number of rotatable bonds is 1. The molecule has 0 aliphatic heterocycles. The predicted molar refractivity (Wildman–Crippen MR) is 113 cm³/mol. The zero-order valence-corrected chi connectivity index (χ0v) is 18.9. The third kappa shape index (κ3) is 2.26. The van der Waals surface area contributed by atoms with Gasteiger partial charge in [-0.2, -0.15) is 0 Å². The fourth-order valence-corrected chi connectivity index (χ4v) is 10.4. The third-order valence-electron chi connectivity index (χ3n) is 12.1. The summed E-state index contributed by atoms with van der Waals surface area (Å²) in [5.74, 6) is 2.40. The van der Waals surface area contributed by atoms with Crippen molar-refractivity contribution in [2.45, 2.75) is 98.3 Å². The predicted octanol–water partition coefficient (Wildman–Crippen LogP) is 6.11. The van der Waals surface area contributed by atoms with Crippen LogP contribution in [0.1, 0.15) is 98.3 Å². The van der Waals surface area contributed by atoms with E-state index in [2.05, 4.69) is 27.7 Å². The standard InChI is InChI=1S/C26H40O3/c1-16-17-9-13-25(4)21(23(17,2)12-10-20(16)27)8-7-18-19-6-5-11-26(19,22(28)29)15-14-24(18,25)3/h16-19,21H,5-15H2,1-4H3,(H,28,29)/t16?,17?,18?,19?,21?,23?,24-,25?,26?/m1/s1. The molecule has 0 bridgehead atoms. The van der Waals surface area contributed by atoms with Crippen molar-refractivity contribution in [3.05, 3.63) is 0 Å². The van der Waals surface area contributed by atoms with Crippen LogP contribution in [0.15, 0.2) is 0 Å². The van der Waals surface area contributed by atoms with Gasteiger partial charge in [0.15, 0.2) is 0 Å². The van der Waals surface area contributed by atoms with Gasteiger partial charge in [0.05, 0.1) is 5.41 Å². The monoisotopic (exact) mass is 400 g/mol. The summed E-state index contributed by atoms with van der Waals surface area (Å²) in [6.45, 7) is 9.84. The van der Waals surface area contributed by atoms with Gasteiger partial charge in [-0.05, 0) is 97.7 Å². The molecule has 5 aliphatic rings. The maximum absolute atomic E-state index is 12.5. The van der Waals surface area contributed by atoms with Crippen LogP contribution in [0, 0.1) is 51.2 Å². The number of hydrogen-bond donors (Lipinski definition) is 1. The molecule has 0 saturated heterocycles. The van der Waals surface area contributed by atoms with Crippen molar-refractivity contribution >= 4 is 11.8 Å². The zero-order valence-electron chi connectivity index (χ0n) is 18.9. The SMILES string of the molecule is CC1C(=O)CCC2(C)C1CCC1(C)C2CCC2C3CCCC3(C(=O)O)CC[C@]21C. The zero-order chi connectivity index (χ0) is 20.8. The second kappa shape index (κ2) is 6.10. The van der Waals surface area contributed by atoms with Crippen LogP contribution in [0.2, 0.25) is 0 Å². The van der Waals surface area contributed by atoms with Gasteiger partial charge in [0.1, 0.15) is 5.78 Å². The molecule has 9 atom stereocenters. The summed E-state index contributed by atoms with van der Waals surface area (Å²) in [6, 6.07) is 0. The Morgan fingerprint density at radius 1 is 0.862 bits per heavy atom. The van der Waals surface area contributed by atoms with E-state index >= 15 is 0 Å². The van der Waals surface area contributed by atoms with Crippen LogP contribution in [-0.4, -0.2) is 16.9 Å². The Hall–Kier alpha value is -0.860. The average Bonchev–Trinajstić information content (AvgIpc) is 3.11. The number of carbonyl (C=O) groups is 2. The maximum Gasteiger partial charge on any atom is 0.309 e. The quantitative estimate of drug-likeness (QED) is 0.578. The van der Waals surface area contributed by atoms with Crippen molar-refractivity contribution in [2.75, 3.05) is 0 Å². The van der Waals surface area contributed by atoms with Crippen molar-refractivity contribution < 1.29 is 14.7 Å². The van der Waals surface area contributed by atoms with E-state index in [4.69, 9.17) is 0 Å². The van der Waals surface area contributed by atoms with Crippen LogP contribution >= 0.6 is 0 Å². The lowest BCUT2D eigenvalue weighted by Gasteiger charge is -2.71. The van der Waals surface area contributed by atoms with Gasteiger partial charge >= 0.3 is 5.97 Å². The van der Waals surface area contributed by atoms with Crippen LogP contribution in [0.25, 0.3) is 0 Å². The molecular formula is C26H40O3. The Morgan fingerprint density at radius 2 is 1.62 bits per heavy atom. The van der Waals surface area contributed by atoms with Crippen molar-refractivity contribution in [1.82, 2.24) is 0 Å². The van der Waals surface area contributed by atoms with Crippen LogP contribution in [-0.2, 0) is 9.59 Å². The van der Waals surface area contributed by atoms with E-state index in [9.17, 15) is 14.7 Å². The van der Waals surface area contributed by atoms with Crippen molar-refractivity contribution in [2.24, 2.45) is 51.2 Å². The first-order valence-corrected chi connectivity index (χ1v) is 12.4. The van der Waals surface area contributed by atoms with Gasteiger partial charge in [-0.25, -0.2) is 0 Å². The third-order valence-corrected chi connectivity index (χ3v) is 12.1. The molecule has 0 aromatic carbocycles. The van der Waals surface area contributed by atoms with Gasteiger partial charge < -0.3 is 5.11 Å². The van der Waals surface area contributed by atoms with E-state index in [1.807, 2.05) is 0 Å². The number of carbonyl (C=O) groups excluding carboxylic acids is 1. The first-order chi connectivity index (χ1) is 13.6. The summed E-state index contributed by atoms with van der Waals surface area (Å²) >= 11 is 0. The minimum absolute atomic E-state index is 0.227. The molecule has 0 spiro atoms. The average molecular weight is 401 g/mol. The molecule has 29 heavy (non-hydrogen) atoms. The minimum atomic E-state index is -0.510. The first kappa shape index (κ1) is 20.1. The molecule has 5 rings (SSSR count). The molecule has 5 aliphatic carbocycles. The Balaban J connectivity index is 1.53. The summed E-state index contributed by atoms with van der Waals surface area (Å²) in [5.41, 5.74) is 0.392. The van der Waals surface area contributed by atoms with E-state index in [0.717, 1.165) is 44.9 Å². The number of carboxylic acid groups (broad SMARTS) is 1. The molecular weight excluding hydrogens is 360 g/mol. The molecule has 1 N–H and O–H groups in total. The number of hydrogen-bond acceptors (Lipinski definition) is 2. The second-order valence-electron chi connectivity index (χ2n) is 12.4. The van der Waals surface area contributed by atoms with Crippen LogP contribution in [0.3, 0.4) is 0 Å². The number of fused-ring (bicyclic) bond motifs is 7. The fraction of sp³-hybridized carbons (Fsp3) is 0.923. The molecule has 5 saturated carbocycles. The normalized spacial score (nSPS) is 56.7. The molecule has 0 aromatic heterocycles. The molecule has 5 fully saturated rings. The summed E-state index contributed by atoms with van der Waals surface area (Å²) < 4.78 is 0. The van der Waals surface area contributed by atoms with Crippen LogP contribution in [0.5, 0.6) is 0 Å². The van der Waals surface area contributed by atoms with E-state index < -0.39 is 11.4 Å². The Labute approximate surface area is 176 Å². The minimum Gasteiger partial charge on any atom is -0.481 e. The topological polar surface area (TPSA) is 54.4 Å². The Kier molecular flexibility index (Phi) is 4.22. The van der Waals surface area contributed by atoms with Crippen LogP contribution in [0.4, 0.5) is 0 Å². The number of Topliss-reactive ketones (excluding diaryl/α,β-unsaturated/α-hetero) is 1.